The van der Waals surface area contributed by atoms with Crippen LogP contribution in [0.3, 0.4) is 0 Å². The third-order valence-electron chi connectivity index (χ3n) is 4.63. The van der Waals surface area contributed by atoms with Gasteiger partial charge in [-0.2, -0.15) is 0 Å². The van der Waals surface area contributed by atoms with Gasteiger partial charge in [-0.15, -0.1) is 10.2 Å². The Kier molecular flexibility index (Phi) is 9.34. The van der Waals surface area contributed by atoms with E-state index in [1.165, 1.54) is 50.5 Å². The molecule has 0 saturated carbocycles. The molecule has 2 aromatic rings. The number of rotatable bonds is 11. The molecule has 0 bridgehead atoms. The van der Waals surface area contributed by atoms with Crippen molar-refractivity contribution < 1.29 is 28.5 Å². The van der Waals surface area contributed by atoms with Crippen molar-refractivity contribution in [1.29, 1.82) is 0 Å². The van der Waals surface area contributed by atoms with Crippen LogP contribution in [-0.4, -0.2) is 68.3 Å². The minimum atomic E-state index is -0.370. The van der Waals surface area contributed by atoms with Crippen LogP contribution in [0.1, 0.15) is 18.4 Å². The van der Waals surface area contributed by atoms with Crippen LogP contribution in [0.5, 0.6) is 17.2 Å². The Morgan fingerprint density at radius 2 is 1.97 bits per heavy atom. The number of amides is 2. The third-order valence-corrected chi connectivity index (χ3v) is 6.60. The summed E-state index contributed by atoms with van der Waals surface area (Å²) >= 11 is 2.46. The molecule has 1 fully saturated rings. The topological polar surface area (TPSA) is 121 Å². The van der Waals surface area contributed by atoms with Crippen LogP contribution < -0.4 is 24.8 Å². The van der Waals surface area contributed by atoms with Gasteiger partial charge in [-0.25, -0.2) is 0 Å². The zero-order valence-corrected chi connectivity index (χ0v) is 20.2. The summed E-state index contributed by atoms with van der Waals surface area (Å²) in [6, 6.07) is 3.46. The first-order chi connectivity index (χ1) is 16.0. The molecule has 2 heterocycles. The van der Waals surface area contributed by atoms with Gasteiger partial charge in [-0.05, 0) is 36.6 Å². The van der Waals surface area contributed by atoms with E-state index in [2.05, 4.69) is 20.8 Å². The molecule has 2 N–H and O–H groups in total. The number of methoxy groups -OCH3 is 3. The number of carbonyl (C=O) groups is 2. The molecule has 0 radical (unpaired) electrons. The second-order valence-electron chi connectivity index (χ2n) is 6.88. The highest BCUT2D eigenvalue weighted by molar-refractivity contribution is 8.01. The summed E-state index contributed by atoms with van der Waals surface area (Å²) in [5.74, 6) is 1.21. The zero-order chi connectivity index (χ0) is 23.6. The molecule has 178 valence electrons. The standard InChI is InChI=1S/C21H26N4O6S2/c1-28-15-9-13(10-16(29-2)19(15)30-3)6-7-17(26)23-20-24-25-21(33-20)32-12-18(27)22-11-14-5-4-8-31-14/h6-7,9-10,14H,4-5,8,11-12H2,1-3H3,(H,22,27)(H,23,24,26)/b7-6+/t14-/m1/s1. The fourth-order valence-corrected chi connectivity index (χ4v) is 4.63. The molecule has 33 heavy (non-hydrogen) atoms. The van der Waals surface area contributed by atoms with Crippen molar-refractivity contribution in [2.45, 2.75) is 23.3 Å². The third kappa shape index (κ3) is 7.34. The summed E-state index contributed by atoms with van der Waals surface area (Å²) < 4.78 is 22.0. The molecule has 1 saturated heterocycles. The number of nitrogens with one attached hydrogen (secondary N) is 2. The molecule has 1 aliphatic heterocycles. The predicted octanol–water partition coefficient (Wildman–Crippen LogP) is 2.60. The lowest BCUT2D eigenvalue weighted by molar-refractivity contribution is -0.119. The van der Waals surface area contributed by atoms with E-state index in [9.17, 15) is 9.59 Å². The fraction of sp³-hybridized carbons (Fsp3) is 0.429. The predicted molar refractivity (Wildman–Crippen MR) is 126 cm³/mol. The number of hydrogen-bond donors (Lipinski definition) is 2. The summed E-state index contributed by atoms with van der Waals surface area (Å²) in [4.78, 5) is 24.2. The van der Waals surface area contributed by atoms with Crippen LogP contribution in [0.15, 0.2) is 22.5 Å². The van der Waals surface area contributed by atoms with Crippen molar-refractivity contribution in [2.75, 3.05) is 45.6 Å². The molecule has 0 unspecified atom stereocenters. The van der Waals surface area contributed by atoms with Crippen molar-refractivity contribution in [2.24, 2.45) is 0 Å². The lowest BCUT2D eigenvalue weighted by Crippen LogP contribution is -2.32. The van der Waals surface area contributed by atoms with Gasteiger partial charge in [0.15, 0.2) is 15.8 Å². The molecule has 2 amide bonds. The first-order valence-corrected chi connectivity index (χ1v) is 12.0. The van der Waals surface area contributed by atoms with Gasteiger partial charge in [0, 0.05) is 19.2 Å². The Balaban J connectivity index is 1.49. The lowest BCUT2D eigenvalue weighted by atomic mass is 10.1. The average molecular weight is 495 g/mol. The van der Waals surface area contributed by atoms with E-state index in [0.29, 0.717) is 38.8 Å². The van der Waals surface area contributed by atoms with Gasteiger partial charge in [0.05, 0.1) is 33.2 Å². The Labute approximate surface area is 200 Å². The smallest absolute Gasteiger partial charge is 0.250 e. The van der Waals surface area contributed by atoms with E-state index in [1.807, 2.05) is 0 Å². The number of anilines is 1. The largest absolute Gasteiger partial charge is 0.493 e. The number of hydrogen-bond acceptors (Lipinski definition) is 10. The number of carbonyl (C=O) groups excluding carboxylic acids is 2. The first-order valence-electron chi connectivity index (χ1n) is 10.2. The lowest BCUT2D eigenvalue weighted by Gasteiger charge is -2.12. The van der Waals surface area contributed by atoms with Gasteiger partial charge in [0.2, 0.25) is 22.7 Å². The van der Waals surface area contributed by atoms with Crippen molar-refractivity contribution in [3.63, 3.8) is 0 Å². The fourth-order valence-electron chi connectivity index (χ4n) is 3.05. The van der Waals surface area contributed by atoms with Crippen LogP contribution in [0.2, 0.25) is 0 Å². The maximum Gasteiger partial charge on any atom is 0.250 e. The Morgan fingerprint density at radius 3 is 2.61 bits per heavy atom. The summed E-state index contributed by atoms with van der Waals surface area (Å²) in [6.07, 6.45) is 5.10. The van der Waals surface area contributed by atoms with Crippen molar-refractivity contribution >= 4 is 46.1 Å². The normalized spacial score (nSPS) is 15.4. The number of thioether (sulfide) groups is 1. The molecule has 1 aromatic heterocycles. The van der Waals surface area contributed by atoms with Crippen LogP contribution in [-0.2, 0) is 14.3 Å². The van der Waals surface area contributed by atoms with E-state index in [4.69, 9.17) is 18.9 Å². The summed E-state index contributed by atoms with van der Waals surface area (Å²) in [5, 5.41) is 13.8. The SMILES string of the molecule is COc1cc(/C=C/C(=O)Nc2nnc(SCC(=O)NC[C@H]3CCCO3)s2)cc(OC)c1OC. The molecule has 0 aliphatic carbocycles. The van der Waals surface area contributed by atoms with Gasteiger partial charge in [0.1, 0.15) is 0 Å². The van der Waals surface area contributed by atoms with E-state index < -0.39 is 0 Å². The zero-order valence-electron chi connectivity index (χ0n) is 18.6. The van der Waals surface area contributed by atoms with E-state index in [1.54, 1.807) is 18.2 Å². The van der Waals surface area contributed by atoms with Crippen LogP contribution in [0, 0.1) is 0 Å². The van der Waals surface area contributed by atoms with Gasteiger partial charge >= 0.3 is 0 Å². The van der Waals surface area contributed by atoms with E-state index >= 15 is 0 Å². The summed E-state index contributed by atoms with van der Waals surface area (Å²) in [5.41, 5.74) is 0.696. The molecule has 3 rings (SSSR count). The minimum Gasteiger partial charge on any atom is -0.493 e. The van der Waals surface area contributed by atoms with Gasteiger partial charge < -0.3 is 24.3 Å². The highest BCUT2D eigenvalue weighted by Crippen LogP contribution is 2.38. The highest BCUT2D eigenvalue weighted by atomic mass is 32.2. The number of ether oxygens (including phenoxy) is 4. The summed E-state index contributed by atoms with van der Waals surface area (Å²) in [7, 11) is 4.57. The Hall–Kier alpha value is -2.83. The molecule has 0 spiro atoms. The van der Waals surface area contributed by atoms with Crippen LogP contribution >= 0.6 is 23.1 Å². The summed E-state index contributed by atoms with van der Waals surface area (Å²) in [6.45, 7) is 1.28. The van der Waals surface area contributed by atoms with Crippen LogP contribution in [0.4, 0.5) is 5.13 Å². The number of nitrogens with zero attached hydrogens (tertiary/aromatic N) is 2. The quantitative estimate of drug-likeness (QED) is 0.276. The number of aromatic nitrogens is 2. The van der Waals surface area contributed by atoms with Gasteiger partial charge in [0.25, 0.3) is 0 Å². The number of benzene rings is 1. The van der Waals surface area contributed by atoms with Gasteiger partial charge in [-0.1, -0.05) is 23.1 Å². The molecule has 12 heteroatoms. The second-order valence-corrected chi connectivity index (χ2v) is 9.08. The highest BCUT2D eigenvalue weighted by Gasteiger charge is 2.17. The van der Waals surface area contributed by atoms with Crippen LogP contribution in [0.25, 0.3) is 6.08 Å². The van der Waals surface area contributed by atoms with Crippen molar-refractivity contribution in [3.8, 4) is 17.2 Å². The molecule has 10 nitrogen and oxygen atoms in total. The van der Waals surface area contributed by atoms with Gasteiger partial charge in [-0.3, -0.25) is 14.9 Å². The van der Waals surface area contributed by atoms with E-state index in [0.717, 1.165) is 19.4 Å². The molecule has 1 aliphatic rings. The Morgan fingerprint density at radius 1 is 1.21 bits per heavy atom. The molecule has 1 atom stereocenters. The average Bonchev–Trinajstić information content (AvgIpc) is 3.51. The molecular formula is C21H26N4O6S2. The second kappa shape index (κ2) is 12.4. The minimum absolute atomic E-state index is 0.0930. The van der Waals surface area contributed by atoms with E-state index in [-0.39, 0.29) is 23.7 Å². The van der Waals surface area contributed by atoms with Crippen molar-refractivity contribution in [1.82, 2.24) is 15.5 Å². The molecular weight excluding hydrogens is 468 g/mol. The van der Waals surface area contributed by atoms with Crippen molar-refractivity contribution in [3.05, 3.63) is 23.8 Å². The molecule has 1 aromatic carbocycles. The Bertz CT molecular complexity index is 966. The maximum absolute atomic E-state index is 12.3. The first kappa shape index (κ1) is 24.8. The monoisotopic (exact) mass is 494 g/mol. The maximum atomic E-state index is 12.3.